The van der Waals surface area contributed by atoms with Gasteiger partial charge < -0.3 is 23.5 Å². The number of rotatable bonds is 17. The van der Waals surface area contributed by atoms with Gasteiger partial charge in [-0.3, -0.25) is 14.1 Å². The minimum Gasteiger partial charge on any atom is -0.497 e. The number of nitrogens with zero attached hydrogens (tertiary/aromatic N) is 3. The number of methoxy groups -OCH3 is 1. The Morgan fingerprint density at radius 2 is 1.44 bits per heavy atom. The third-order valence-corrected chi connectivity index (χ3v) is 10.4. The van der Waals surface area contributed by atoms with Gasteiger partial charge in [0.05, 0.1) is 68.6 Å². The predicted octanol–water partition coefficient (Wildman–Crippen LogP) is 5.27. The molecule has 5 rings (SSSR count). The zero-order valence-electron chi connectivity index (χ0n) is 32.2. The normalized spacial score (nSPS) is 13.5. The van der Waals surface area contributed by atoms with Crippen molar-refractivity contribution in [2.45, 2.75) is 65.8 Å². The van der Waals surface area contributed by atoms with Gasteiger partial charge in [0.15, 0.2) is 6.54 Å². The molecule has 14 nitrogen and oxygen atoms in total. The number of aromatic nitrogens is 1. The number of carbonyl (C=O) groups excluding carboxylic acids is 4. The van der Waals surface area contributed by atoms with Gasteiger partial charge in [-0.25, -0.2) is 9.59 Å². The van der Waals surface area contributed by atoms with E-state index in [-0.39, 0.29) is 42.7 Å². The molecule has 1 N–H and O–H groups in total. The topological polar surface area (TPSA) is 167 Å². The van der Waals surface area contributed by atoms with E-state index in [4.69, 9.17) is 19.0 Å². The van der Waals surface area contributed by atoms with Crippen molar-refractivity contribution in [1.82, 2.24) is 5.06 Å². The van der Waals surface area contributed by atoms with E-state index in [0.29, 0.717) is 56.1 Å². The predicted molar refractivity (Wildman–Crippen MR) is 203 cm³/mol. The summed E-state index contributed by atoms with van der Waals surface area (Å²) in [5.41, 5.74) is 2.29. The Morgan fingerprint density at radius 1 is 0.855 bits per heavy atom. The Bertz CT molecular complexity index is 2210. The lowest BCUT2D eigenvalue weighted by Gasteiger charge is -2.29. The standard InChI is InChI=1S/C40H48N3O11S/c1-7-8-18-43(4,5)19-10-20-52-30-12-14-34-32(25-30)37(31-24-29(51-6)11-13-33(31)41(34)17-9-21-55(48,49)50)40(47)53-38-26(2)22-28(23-27(38)3)39(46)54-42-35(44)15-16-36(42)45/h11-14,22-25H,7-10,15-21H2,1-6H3/q+1/p+1. The smallest absolute Gasteiger partial charge is 0.363 e. The van der Waals surface area contributed by atoms with E-state index < -0.39 is 39.6 Å². The molecule has 1 aliphatic rings. The van der Waals surface area contributed by atoms with E-state index in [0.717, 1.165) is 36.8 Å². The molecule has 2 amide bonds. The highest BCUT2D eigenvalue weighted by Gasteiger charge is 2.34. The van der Waals surface area contributed by atoms with Crippen molar-refractivity contribution in [3.63, 3.8) is 0 Å². The summed E-state index contributed by atoms with van der Waals surface area (Å²) in [6.07, 6.45) is 3.09. The molecule has 1 aliphatic heterocycles. The first-order valence-electron chi connectivity index (χ1n) is 18.3. The summed E-state index contributed by atoms with van der Waals surface area (Å²) < 4.78 is 53.4. The number of ether oxygens (including phenoxy) is 3. The first-order chi connectivity index (χ1) is 26.0. The Morgan fingerprint density at radius 3 is 2.02 bits per heavy atom. The molecule has 0 radical (unpaired) electrons. The molecule has 0 bridgehead atoms. The Balaban J connectivity index is 1.54. The van der Waals surface area contributed by atoms with Crippen LogP contribution in [0.25, 0.3) is 21.8 Å². The fourth-order valence-electron chi connectivity index (χ4n) is 6.81. The minimum absolute atomic E-state index is 0.0389. The van der Waals surface area contributed by atoms with Crippen LogP contribution in [-0.2, 0) is 31.1 Å². The number of pyridine rings is 1. The first-order valence-corrected chi connectivity index (χ1v) is 19.9. The van der Waals surface area contributed by atoms with Gasteiger partial charge >= 0.3 is 11.9 Å². The number of hydrogen-bond acceptors (Lipinski definition) is 10. The van der Waals surface area contributed by atoms with Crippen molar-refractivity contribution < 1.29 is 60.2 Å². The van der Waals surface area contributed by atoms with Crippen LogP contribution in [-0.4, -0.2) is 92.9 Å². The number of hydrogen-bond donors (Lipinski definition) is 1. The minimum atomic E-state index is -4.22. The highest BCUT2D eigenvalue weighted by Crippen LogP contribution is 2.33. The molecule has 4 aromatic rings. The van der Waals surface area contributed by atoms with Gasteiger partial charge in [-0.05, 0) is 67.8 Å². The van der Waals surface area contributed by atoms with Crippen molar-refractivity contribution in [2.24, 2.45) is 0 Å². The Hall–Kier alpha value is -5.12. The van der Waals surface area contributed by atoms with E-state index >= 15 is 0 Å². The summed E-state index contributed by atoms with van der Waals surface area (Å²) in [7, 11) is 1.68. The van der Waals surface area contributed by atoms with E-state index in [1.165, 1.54) is 19.2 Å². The molecule has 2 heterocycles. The summed E-state index contributed by atoms with van der Waals surface area (Å²) in [5.74, 6) is -2.09. The second-order valence-corrected chi connectivity index (χ2v) is 16.0. The van der Waals surface area contributed by atoms with Crippen molar-refractivity contribution in [1.29, 1.82) is 0 Å². The van der Waals surface area contributed by atoms with E-state index in [1.54, 1.807) is 44.2 Å². The summed E-state index contributed by atoms with van der Waals surface area (Å²) in [4.78, 5) is 56.5. The number of hydroxylamine groups is 2. The lowest BCUT2D eigenvalue weighted by molar-refractivity contribution is -0.890. The van der Waals surface area contributed by atoms with Crippen LogP contribution in [0.15, 0.2) is 48.5 Å². The van der Waals surface area contributed by atoms with Gasteiger partial charge in [0.25, 0.3) is 21.9 Å². The van der Waals surface area contributed by atoms with Crippen molar-refractivity contribution >= 4 is 55.7 Å². The third-order valence-electron chi connectivity index (χ3n) is 9.64. The van der Waals surface area contributed by atoms with Crippen molar-refractivity contribution in [3.05, 3.63) is 70.8 Å². The Labute approximate surface area is 320 Å². The lowest BCUT2D eigenvalue weighted by Crippen LogP contribution is -2.41. The molecular formula is C40H49N3O11S+2. The van der Waals surface area contributed by atoms with Crippen LogP contribution in [0, 0.1) is 13.8 Å². The number of quaternary nitrogens is 1. The molecule has 0 saturated carbocycles. The maximum atomic E-state index is 14.5. The van der Waals surface area contributed by atoms with Crippen LogP contribution in [0.1, 0.15) is 77.3 Å². The number of aryl methyl sites for hydroxylation is 3. The average Bonchev–Trinajstić information content (AvgIpc) is 3.44. The van der Waals surface area contributed by atoms with Gasteiger partial charge in [0, 0.05) is 37.8 Å². The molecule has 1 aromatic heterocycles. The fourth-order valence-corrected chi connectivity index (χ4v) is 7.30. The van der Waals surface area contributed by atoms with Crippen LogP contribution in [0.2, 0.25) is 0 Å². The van der Waals surface area contributed by atoms with E-state index in [9.17, 15) is 32.1 Å². The summed E-state index contributed by atoms with van der Waals surface area (Å²) in [5, 5.41) is 1.41. The summed E-state index contributed by atoms with van der Waals surface area (Å²) in [6.45, 7) is 8.12. The molecule has 1 saturated heterocycles. The van der Waals surface area contributed by atoms with Crippen LogP contribution in [0.5, 0.6) is 17.2 Å². The molecule has 294 valence electrons. The number of esters is 1. The number of amides is 2. The zero-order valence-corrected chi connectivity index (χ0v) is 33.0. The van der Waals surface area contributed by atoms with E-state index in [2.05, 4.69) is 21.0 Å². The molecule has 55 heavy (non-hydrogen) atoms. The maximum Gasteiger partial charge on any atom is 0.363 e. The SMILES string of the molecule is CCCC[N+](C)(C)CCCOc1ccc2c(c1)c(C(=O)Oc1c(C)cc(C(=O)ON3C(=O)CCC3=O)cc1C)c1cc(OC)ccc1[n+]2CCCS(=O)(=O)O. The van der Waals surface area contributed by atoms with Crippen molar-refractivity contribution in [3.8, 4) is 17.2 Å². The number of fused-ring (bicyclic) bond motifs is 2. The molecule has 0 spiro atoms. The molecule has 0 atom stereocenters. The highest BCUT2D eigenvalue weighted by atomic mass is 32.2. The van der Waals surface area contributed by atoms with Crippen LogP contribution in [0.4, 0.5) is 0 Å². The third kappa shape index (κ3) is 9.96. The van der Waals surface area contributed by atoms with E-state index in [1.807, 2.05) is 10.6 Å². The maximum absolute atomic E-state index is 14.5. The molecule has 0 aliphatic carbocycles. The van der Waals surface area contributed by atoms with Crippen LogP contribution >= 0.6 is 0 Å². The van der Waals surface area contributed by atoms with Gasteiger partial charge in [-0.2, -0.15) is 13.0 Å². The number of benzene rings is 3. The second kappa shape index (κ2) is 17.1. The van der Waals surface area contributed by atoms with Gasteiger partial charge in [0.2, 0.25) is 11.0 Å². The van der Waals surface area contributed by atoms with Gasteiger partial charge in [-0.1, -0.05) is 13.3 Å². The molecule has 15 heteroatoms. The quantitative estimate of drug-likeness (QED) is 0.0217. The molecule has 3 aromatic carbocycles. The molecule has 1 fully saturated rings. The van der Waals surface area contributed by atoms with Gasteiger partial charge in [-0.15, -0.1) is 5.06 Å². The lowest BCUT2D eigenvalue weighted by atomic mass is 10.0. The number of carbonyl (C=O) groups is 4. The highest BCUT2D eigenvalue weighted by molar-refractivity contribution is 7.85. The number of imide groups is 1. The monoisotopic (exact) mass is 779 g/mol. The van der Waals surface area contributed by atoms with Crippen LogP contribution in [0.3, 0.4) is 0 Å². The Kier molecular flexibility index (Phi) is 12.8. The summed E-state index contributed by atoms with van der Waals surface area (Å²) >= 11 is 0. The number of unbranched alkanes of at least 4 members (excludes halogenated alkanes) is 1. The first kappa shape index (κ1) is 41.1. The average molecular weight is 780 g/mol. The van der Waals surface area contributed by atoms with Crippen molar-refractivity contribution in [2.75, 3.05) is 46.7 Å². The fraction of sp³-hybridized carbons (Fsp3) is 0.425. The van der Waals surface area contributed by atoms with Gasteiger partial charge in [0.1, 0.15) is 17.2 Å². The molecular weight excluding hydrogens is 731 g/mol. The summed E-state index contributed by atoms with van der Waals surface area (Å²) in [6, 6.07) is 13.5. The van der Waals surface area contributed by atoms with Crippen LogP contribution < -0.4 is 18.8 Å². The largest absolute Gasteiger partial charge is 0.497 e. The second-order valence-electron chi connectivity index (χ2n) is 14.5. The molecule has 0 unspecified atom stereocenters. The zero-order chi connectivity index (χ0) is 40.1.